The fourth-order valence-corrected chi connectivity index (χ4v) is 7.40. The maximum absolute atomic E-state index is 6.59. The second kappa shape index (κ2) is 12.9. The summed E-state index contributed by atoms with van der Waals surface area (Å²) in [7, 11) is 0. The molecule has 2 aromatic heterocycles. The summed E-state index contributed by atoms with van der Waals surface area (Å²) in [5.41, 5.74) is 13.4. The average molecular weight is 677 g/mol. The first-order chi connectivity index (χ1) is 26.2. The minimum Gasteiger partial charge on any atom is -0.438 e. The van der Waals surface area contributed by atoms with Gasteiger partial charge in [-0.05, 0) is 91.7 Å². The van der Waals surface area contributed by atoms with Crippen molar-refractivity contribution in [2.45, 2.75) is 0 Å². The molecule has 0 radical (unpaired) electrons. The summed E-state index contributed by atoms with van der Waals surface area (Å²) in [6.45, 7) is 0. The number of benzene rings is 8. The Morgan fingerprint density at radius 3 is 1.30 bits per heavy atom. The quantitative estimate of drug-likeness (QED) is 0.176. The van der Waals surface area contributed by atoms with Gasteiger partial charge in [-0.15, -0.1) is 0 Å². The molecule has 0 aliphatic heterocycles. The zero-order valence-electron chi connectivity index (χ0n) is 28.8. The van der Waals surface area contributed by atoms with Crippen LogP contribution in [0.3, 0.4) is 0 Å². The Labute approximate surface area is 307 Å². The summed E-state index contributed by atoms with van der Waals surface area (Å²) in [5.74, 6) is 0.619. The lowest BCUT2D eigenvalue weighted by Crippen LogP contribution is -1.95. The van der Waals surface area contributed by atoms with Gasteiger partial charge in [-0.2, -0.15) is 4.98 Å². The third-order valence-corrected chi connectivity index (χ3v) is 10.1. The summed E-state index contributed by atoms with van der Waals surface area (Å²) in [6, 6.07) is 68.2. The molecule has 3 heteroatoms. The first kappa shape index (κ1) is 30.7. The van der Waals surface area contributed by atoms with Crippen LogP contribution in [0.15, 0.2) is 199 Å². The molecule has 0 aliphatic rings. The van der Waals surface area contributed by atoms with Gasteiger partial charge in [0.15, 0.2) is 5.82 Å². The minimum atomic E-state index is 0.572. The first-order valence-corrected chi connectivity index (χ1v) is 17.9. The Kier molecular flexibility index (Phi) is 7.47. The number of aromatic nitrogens is 2. The Morgan fingerprint density at radius 1 is 0.321 bits per heavy atom. The maximum Gasteiger partial charge on any atom is 0.231 e. The van der Waals surface area contributed by atoms with Gasteiger partial charge in [-0.1, -0.05) is 158 Å². The van der Waals surface area contributed by atoms with Crippen molar-refractivity contribution in [2.24, 2.45) is 0 Å². The van der Waals surface area contributed by atoms with Crippen LogP contribution >= 0.6 is 0 Å². The molecule has 0 atom stereocenters. The van der Waals surface area contributed by atoms with E-state index >= 15 is 0 Å². The fourth-order valence-electron chi connectivity index (χ4n) is 7.40. The van der Waals surface area contributed by atoms with E-state index in [0.29, 0.717) is 11.5 Å². The normalized spacial score (nSPS) is 11.4. The van der Waals surface area contributed by atoms with Gasteiger partial charge in [-0.3, -0.25) is 0 Å². The molecule has 10 rings (SSSR count). The molecule has 0 saturated heterocycles. The van der Waals surface area contributed by atoms with Crippen molar-refractivity contribution in [3.8, 4) is 67.2 Å². The van der Waals surface area contributed by atoms with Gasteiger partial charge in [-0.25, -0.2) is 4.98 Å². The minimum absolute atomic E-state index is 0.572. The second-order valence-corrected chi connectivity index (χ2v) is 13.4. The predicted molar refractivity (Wildman–Crippen MR) is 219 cm³/mol. The van der Waals surface area contributed by atoms with E-state index in [1.165, 1.54) is 22.3 Å². The van der Waals surface area contributed by atoms with Crippen molar-refractivity contribution in [3.63, 3.8) is 0 Å². The largest absolute Gasteiger partial charge is 0.438 e. The SMILES string of the molecule is c1ccc(-c2cccc(-c3cccc(-c4nc(-c5cccc(-c6cccc(-c7ccccc7)c6)c5)c5c(n4)oc4cc6ccccc6cc45)c3)c2)cc1. The van der Waals surface area contributed by atoms with Crippen LogP contribution in [-0.2, 0) is 0 Å². The van der Waals surface area contributed by atoms with E-state index in [0.717, 1.165) is 66.2 Å². The summed E-state index contributed by atoms with van der Waals surface area (Å²) in [6.07, 6.45) is 0. The van der Waals surface area contributed by atoms with Gasteiger partial charge >= 0.3 is 0 Å². The van der Waals surface area contributed by atoms with Crippen LogP contribution < -0.4 is 0 Å². The van der Waals surface area contributed by atoms with Crippen molar-refractivity contribution in [3.05, 3.63) is 194 Å². The number of nitrogens with zero attached hydrogens (tertiary/aromatic N) is 2. The van der Waals surface area contributed by atoms with E-state index in [4.69, 9.17) is 14.4 Å². The van der Waals surface area contributed by atoms with E-state index in [9.17, 15) is 0 Å². The smallest absolute Gasteiger partial charge is 0.231 e. The average Bonchev–Trinajstić information content (AvgIpc) is 3.60. The number of hydrogen-bond acceptors (Lipinski definition) is 3. The van der Waals surface area contributed by atoms with Crippen LogP contribution in [0.2, 0.25) is 0 Å². The molecule has 0 saturated carbocycles. The monoisotopic (exact) mass is 676 g/mol. The maximum atomic E-state index is 6.59. The molecular formula is C50H32N2O. The van der Waals surface area contributed by atoms with Gasteiger partial charge in [0.25, 0.3) is 0 Å². The lowest BCUT2D eigenvalue weighted by Gasteiger charge is -2.11. The number of rotatable bonds is 6. The molecule has 0 aliphatic carbocycles. The molecule has 0 fully saturated rings. The summed E-state index contributed by atoms with van der Waals surface area (Å²) in [4.78, 5) is 10.5. The van der Waals surface area contributed by atoms with E-state index in [1.807, 2.05) is 6.07 Å². The summed E-state index contributed by atoms with van der Waals surface area (Å²) < 4.78 is 6.59. The number of furan rings is 1. The van der Waals surface area contributed by atoms with Crippen molar-refractivity contribution >= 4 is 32.8 Å². The summed E-state index contributed by atoms with van der Waals surface area (Å²) >= 11 is 0. The molecule has 0 N–H and O–H groups in total. The van der Waals surface area contributed by atoms with Gasteiger partial charge in [0.2, 0.25) is 5.71 Å². The van der Waals surface area contributed by atoms with Gasteiger partial charge in [0.1, 0.15) is 5.58 Å². The lowest BCUT2D eigenvalue weighted by molar-refractivity contribution is 0.654. The molecule has 0 unspecified atom stereocenters. The molecule has 8 aromatic carbocycles. The second-order valence-electron chi connectivity index (χ2n) is 13.4. The Bertz CT molecular complexity index is 2950. The Morgan fingerprint density at radius 2 is 0.736 bits per heavy atom. The highest BCUT2D eigenvalue weighted by atomic mass is 16.3. The molecular weight excluding hydrogens is 645 g/mol. The first-order valence-electron chi connectivity index (χ1n) is 17.9. The topological polar surface area (TPSA) is 38.9 Å². The van der Waals surface area contributed by atoms with E-state index in [1.54, 1.807) is 0 Å². The fraction of sp³-hybridized carbons (Fsp3) is 0. The standard InChI is InChI=1S/C50H32N2O/c1-3-13-33(14-4-1)35-19-9-21-37(27-35)39-23-11-25-43(29-39)48-47-45-31-41-17-7-8-18-42(41)32-46(45)53-50(47)52-49(51-48)44-26-12-24-40(30-44)38-22-10-20-36(28-38)34-15-5-2-6-16-34/h1-32H. The zero-order valence-corrected chi connectivity index (χ0v) is 28.8. The van der Waals surface area contributed by atoms with Crippen molar-refractivity contribution in [1.29, 1.82) is 0 Å². The van der Waals surface area contributed by atoms with Crippen LogP contribution in [-0.4, -0.2) is 9.97 Å². The Balaban J connectivity index is 1.14. The highest BCUT2D eigenvalue weighted by molar-refractivity contribution is 6.14. The molecule has 10 aromatic rings. The van der Waals surface area contributed by atoms with Gasteiger partial charge in [0.05, 0.1) is 11.1 Å². The van der Waals surface area contributed by atoms with E-state index in [-0.39, 0.29) is 0 Å². The molecule has 0 amide bonds. The highest BCUT2D eigenvalue weighted by Crippen LogP contribution is 2.40. The number of fused-ring (bicyclic) bond motifs is 4. The van der Waals surface area contributed by atoms with E-state index in [2.05, 4.69) is 188 Å². The lowest BCUT2D eigenvalue weighted by atomic mass is 9.96. The summed E-state index contributed by atoms with van der Waals surface area (Å²) in [5, 5.41) is 4.19. The molecule has 3 nitrogen and oxygen atoms in total. The molecule has 0 bridgehead atoms. The van der Waals surface area contributed by atoms with Gasteiger partial charge in [0, 0.05) is 16.5 Å². The third-order valence-electron chi connectivity index (χ3n) is 10.1. The molecule has 2 heterocycles. The van der Waals surface area contributed by atoms with Crippen molar-refractivity contribution in [2.75, 3.05) is 0 Å². The van der Waals surface area contributed by atoms with Crippen LogP contribution in [0.4, 0.5) is 0 Å². The third kappa shape index (κ3) is 5.75. The van der Waals surface area contributed by atoms with Crippen LogP contribution in [0.5, 0.6) is 0 Å². The molecule has 0 spiro atoms. The molecule has 53 heavy (non-hydrogen) atoms. The Hall–Kier alpha value is -7.10. The van der Waals surface area contributed by atoms with Gasteiger partial charge < -0.3 is 4.42 Å². The highest BCUT2D eigenvalue weighted by Gasteiger charge is 2.20. The van der Waals surface area contributed by atoms with Crippen molar-refractivity contribution < 1.29 is 4.42 Å². The predicted octanol–water partition coefficient (Wildman–Crippen LogP) is 13.5. The van der Waals surface area contributed by atoms with Crippen LogP contribution in [0, 0.1) is 0 Å². The molecule has 248 valence electrons. The van der Waals surface area contributed by atoms with Crippen molar-refractivity contribution in [1.82, 2.24) is 9.97 Å². The zero-order chi connectivity index (χ0) is 35.1. The van der Waals surface area contributed by atoms with E-state index < -0.39 is 0 Å². The van der Waals surface area contributed by atoms with Crippen LogP contribution in [0.1, 0.15) is 0 Å². The number of hydrogen-bond donors (Lipinski definition) is 0. The van der Waals surface area contributed by atoms with Crippen LogP contribution in [0.25, 0.3) is 100.0 Å².